The number of piperidine rings is 2. The van der Waals surface area contributed by atoms with Gasteiger partial charge in [0, 0.05) is 44.9 Å². The maximum atomic E-state index is 12.7. The number of pyridine rings is 1. The fourth-order valence-corrected chi connectivity index (χ4v) is 4.37. The number of hydrogen-bond acceptors (Lipinski definition) is 3. The first kappa shape index (κ1) is 18.5. The fraction of sp³-hybridized carbons (Fsp3) is 0.409. The number of nitrogens with one attached hydrogen (secondary N) is 1. The molecule has 1 N–H and O–H groups in total. The first-order chi connectivity index (χ1) is 13.5. The number of amides is 2. The van der Waals surface area contributed by atoms with E-state index >= 15 is 0 Å². The maximum Gasteiger partial charge on any atom is 0.255 e. The van der Waals surface area contributed by atoms with Gasteiger partial charge in [-0.05, 0) is 36.3 Å². The van der Waals surface area contributed by atoms with Crippen molar-refractivity contribution >= 4 is 11.8 Å². The fourth-order valence-electron chi connectivity index (χ4n) is 4.37. The van der Waals surface area contributed by atoms with Gasteiger partial charge in [0.15, 0.2) is 0 Å². The lowest BCUT2D eigenvalue weighted by atomic mass is 9.72. The highest BCUT2D eigenvalue weighted by molar-refractivity contribution is 5.93. The number of hydrogen-bond donors (Lipinski definition) is 1. The van der Waals surface area contributed by atoms with Gasteiger partial charge in [-0.25, -0.2) is 0 Å². The van der Waals surface area contributed by atoms with E-state index in [1.165, 1.54) is 12.3 Å². The zero-order chi connectivity index (χ0) is 19.6. The first-order valence-electron chi connectivity index (χ1n) is 9.84. The molecule has 0 bridgehead atoms. The summed E-state index contributed by atoms with van der Waals surface area (Å²) in [6.07, 6.45) is 4.77. The largest absolute Gasteiger partial charge is 0.339 e. The van der Waals surface area contributed by atoms with Crippen LogP contribution in [-0.4, -0.2) is 46.2 Å². The Bertz CT molecular complexity index is 894. The summed E-state index contributed by atoms with van der Waals surface area (Å²) in [4.78, 5) is 42.7. The molecule has 1 aromatic heterocycles. The van der Waals surface area contributed by atoms with Crippen molar-refractivity contribution in [2.45, 2.75) is 32.2 Å². The Morgan fingerprint density at radius 3 is 2.43 bits per heavy atom. The Balaban J connectivity index is 1.40. The van der Waals surface area contributed by atoms with Gasteiger partial charge in [-0.3, -0.25) is 14.4 Å². The molecule has 0 saturated carbocycles. The molecule has 0 unspecified atom stereocenters. The van der Waals surface area contributed by atoms with Crippen molar-refractivity contribution in [3.63, 3.8) is 0 Å². The molecule has 2 amide bonds. The van der Waals surface area contributed by atoms with Gasteiger partial charge in [-0.15, -0.1) is 0 Å². The zero-order valence-electron chi connectivity index (χ0n) is 15.9. The SMILES string of the molecule is O=C1CCC2(CCN(C(=O)c3ccc(=O)[nH]c3)CC2)CN1Cc1ccccc1. The van der Waals surface area contributed by atoms with Crippen molar-refractivity contribution in [2.24, 2.45) is 5.41 Å². The lowest BCUT2D eigenvalue weighted by Crippen LogP contribution is -2.52. The quantitative estimate of drug-likeness (QED) is 0.890. The van der Waals surface area contributed by atoms with Crippen molar-refractivity contribution in [1.82, 2.24) is 14.8 Å². The van der Waals surface area contributed by atoms with Gasteiger partial charge >= 0.3 is 0 Å². The molecule has 2 aliphatic rings. The number of likely N-dealkylation sites (tertiary alicyclic amines) is 2. The molecule has 6 nitrogen and oxygen atoms in total. The smallest absolute Gasteiger partial charge is 0.255 e. The summed E-state index contributed by atoms with van der Waals surface area (Å²) in [6, 6.07) is 13.1. The van der Waals surface area contributed by atoms with Crippen molar-refractivity contribution in [3.05, 3.63) is 70.1 Å². The van der Waals surface area contributed by atoms with Crippen LogP contribution < -0.4 is 5.56 Å². The highest BCUT2D eigenvalue weighted by atomic mass is 16.2. The molecule has 2 saturated heterocycles. The molecule has 6 heteroatoms. The second-order valence-electron chi connectivity index (χ2n) is 7.97. The normalized spacial score (nSPS) is 19.1. The van der Waals surface area contributed by atoms with Crippen LogP contribution in [0.25, 0.3) is 0 Å². The van der Waals surface area contributed by atoms with Crippen LogP contribution in [0, 0.1) is 5.41 Å². The molecule has 0 atom stereocenters. The van der Waals surface area contributed by atoms with Crippen LogP contribution in [0.2, 0.25) is 0 Å². The molecule has 1 spiro atoms. The molecule has 0 aliphatic carbocycles. The van der Waals surface area contributed by atoms with Gasteiger partial charge in [0.25, 0.3) is 5.91 Å². The predicted molar refractivity (Wildman–Crippen MR) is 106 cm³/mol. The summed E-state index contributed by atoms with van der Waals surface area (Å²) in [5.41, 5.74) is 1.56. The average molecular weight is 379 g/mol. The Labute approximate surface area is 164 Å². The predicted octanol–water partition coefficient (Wildman–Crippen LogP) is 2.42. The number of rotatable bonds is 3. The lowest BCUT2D eigenvalue weighted by molar-refractivity contribution is -0.139. The van der Waals surface area contributed by atoms with Crippen LogP contribution in [0.15, 0.2) is 53.5 Å². The summed E-state index contributed by atoms with van der Waals surface area (Å²) >= 11 is 0. The molecule has 2 aliphatic heterocycles. The molecular formula is C22H25N3O3. The van der Waals surface area contributed by atoms with Gasteiger partial charge in [0.2, 0.25) is 11.5 Å². The van der Waals surface area contributed by atoms with Gasteiger partial charge in [-0.2, -0.15) is 0 Å². The minimum atomic E-state index is -0.209. The highest BCUT2D eigenvalue weighted by Crippen LogP contribution is 2.40. The minimum absolute atomic E-state index is 0.0425. The first-order valence-corrected chi connectivity index (χ1v) is 9.84. The third kappa shape index (κ3) is 3.86. The molecule has 2 aromatic rings. The van der Waals surface area contributed by atoms with Crippen LogP contribution in [0.1, 0.15) is 41.6 Å². The maximum absolute atomic E-state index is 12.7. The lowest BCUT2D eigenvalue weighted by Gasteiger charge is -2.47. The number of carbonyl (C=O) groups is 2. The summed E-state index contributed by atoms with van der Waals surface area (Å²) in [5, 5.41) is 0. The van der Waals surface area contributed by atoms with E-state index in [1.807, 2.05) is 28.0 Å². The standard InChI is InChI=1S/C22H25N3O3/c26-19-7-6-18(14-23-19)21(28)24-12-10-22(11-13-24)9-8-20(27)25(16-22)15-17-4-2-1-3-5-17/h1-7,14H,8-13,15-16H2,(H,23,26). The molecule has 2 fully saturated rings. The van der Waals surface area contributed by atoms with Crippen LogP contribution in [0.3, 0.4) is 0 Å². The second-order valence-corrected chi connectivity index (χ2v) is 7.97. The molecule has 0 radical (unpaired) electrons. The molecule has 3 heterocycles. The number of carbonyl (C=O) groups excluding carboxylic acids is 2. The summed E-state index contributed by atoms with van der Waals surface area (Å²) < 4.78 is 0. The number of aromatic nitrogens is 1. The number of nitrogens with zero attached hydrogens (tertiary/aromatic N) is 2. The summed E-state index contributed by atoms with van der Waals surface area (Å²) in [7, 11) is 0. The van der Waals surface area contributed by atoms with Crippen LogP contribution in [-0.2, 0) is 11.3 Å². The number of aromatic amines is 1. The molecular weight excluding hydrogens is 354 g/mol. The minimum Gasteiger partial charge on any atom is -0.339 e. The Kier molecular flexibility index (Phi) is 5.03. The van der Waals surface area contributed by atoms with Gasteiger partial charge in [0.1, 0.15) is 0 Å². The Morgan fingerprint density at radius 2 is 1.75 bits per heavy atom. The average Bonchev–Trinajstić information content (AvgIpc) is 2.72. The monoisotopic (exact) mass is 379 g/mol. The van der Waals surface area contributed by atoms with E-state index in [-0.39, 0.29) is 22.8 Å². The topological polar surface area (TPSA) is 73.5 Å². The Morgan fingerprint density at radius 1 is 1.00 bits per heavy atom. The third-order valence-electron chi connectivity index (χ3n) is 6.11. The van der Waals surface area contributed by atoms with E-state index in [2.05, 4.69) is 17.1 Å². The van der Waals surface area contributed by atoms with Crippen molar-refractivity contribution in [2.75, 3.05) is 19.6 Å². The number of H-pyrrole nitrogens is 1. The van der Waals surface area contributed by atoms with E-state index in [1.54, 1.807) is 6.07 Å². The van der Waals surface area contributed by atoms with Crippen molar-refractivity contribution < 1.29 is 9.59 Å². The van der Waals surface area contributed by atoms with E-state index < -0.39 is 0 Å². The van der Waals surface area contributed by atoms with Crippen molar-refractivity contribution in [1.29, 1.82) is 0 Å². The van der Waals surface area contributed by atoms with E-state index in [0.717, 1.165) is 31.4 Å². The van der Waals surface area contributed by atoms with Crippen LogP contribution in [0.5, 0.6) is 0 Å². The third-order valence-corrected chi connectivity index (χ3v) is 6.11. The van der Waals surface area contributed by atoms with Crippen LogP contribution in [0.4, 0.5) is 0 Å². The van der Waals surface area contributed by atoms with Crippen LogP contribution >= 0.6 is 0 Å². The van der Waals surface area contributed by atoms with Gasteiger partial charge in [-0.1, -0.05) is 30.3 Å². The zero-order valence-corrected chi connectivity index (χ0v) is 15.9. The second kappa shape index (κ2) is 7.62. The molecule has 1 aromatic carbocycles. The highest BCUT2D eigenvalue weighted by Gasteiger charge is 2.41. The van der Waals surface area contributed by atoms with Crippen molar-refractivity contribution in [3.8, 4) is 0 Å². The van der Waals surface area contributed by atoms with Gasteiger partial charge in [0.05, 0.1) is 5.56 Å². The molecule has 4 rings (SSSR count). The molecule has 146 valence electrons. The summed E-state index contributed by atoms with van der Waals surface area (Å²) in [5.74, 6) is 0.181. The van der Waals surface area contributed by atoms with E-state index in [9.17, 15) is 14.4 Å². The van der Waals surface area contributed by atoms with E-state index in [4.69, 9.17) is 0 Å². The Hall–Kier alpha value is -2.89. The molecule has 28 heavy (non-hydrogen) atoms. The van der Waals surface area contributed by atoms with E-state index in [0.29, 0.717) is 31.6 Å². The number of benzene rings is 1. The van der Waals surface area contributed by atoms with Gasteiger partial charge < -0.3 is 14.8 Å². The summed E-state index contributed by atoms with van der Waals surface area (Å²) in [6.45, 7) is 2.79.